The van der Waals surface area contributed by atoms with Crippen LogP contribution in [0.15, 0.2) is 18.3 Å². The van der Waals surface area contributed by atoms with Gasteiger partial charge >= 0.3 is 0 Å². The summed E-state index contributed by atoms with van der Waals surface area (Å²) < 4.78 is 0. The Morgan fingerprint density at radius 1 is 1.33 bits per heavy atom. The largest absolute Gasteiger partial charge is 0.392 e. The summed E-state index contributed by atoms with van der Waals surface area (Å²) in [4.78, 5) is 3.97. The van der Waals surface area contributed by atoms with Crippen LogP contribution in [0.25, 0.3) is 0 Å². The lowest BCUT2D eigenvalue weighted by Crippen LogP contribution is -2.19. The number of rotatable bonds is 5. The van der Waals surface area contributed by atoms with Gasteiger partial charge in [-0.25, -0.2) is 0 Å². The summed E-state index contributed by atoms with van der Waals surface area (Å²) in [6.07, 6.45) is 0.149. The number of pyridine rings is 1. The van der Waals surface area contributed by atoms with E-state index >= 15 is 0 Å². The first-order chi connectivity index (χ1) is 7.19. The maximum Gasteiger partial charge on any atom is 0.122 e. The molecule has 84 valence electrons. The van der Waals surface area contributed by atoms with Crippen LogP contribution in [0.3, 0.4) is 0 Å². The topological polar surface area (TPSA) is 73.6 Å². The zero-order valence-electron chi connectivity index (χ0n) is 8.17. The van der Waals surface area contributed by atoms with Crippen molar-refractivity contribution in [1.82, 2.24) is 4.98 Å². The molecule has 0 fully saturated rings. The fourth-order valence-electron chi connectivity index (χ4n) is 1.17. The predicted octanol–water partition coefficient (Wildman–Crippen LogP) is 0.753. The van der Waals surface area contributed by atoms with E-state index in [0.29, 0.717) is 23.0 Å². The van der Waals surface area contributed by atoms with E-state index in [1.165, 1.54) is 6.20 Å². The van der Waals surface area contributed by atoms with Crippen LogP contribution >= 0.6 is 15.9 Å². The SMILES string of the molecule is OCc1ccc(C(O)C(O)CCBr)nc1. The third-order valence-electron chi connectivity index (χ3n) is 2.10. The Morgan fingerprint density at radius 3 is 2.53 bits per heavy atom. The second-order valence-electron chi connectivity index (χ2n) is 3.24. The first-order valence-corrected chi connectivity index (χ1v) is 5.79. The Hall–Kier alpha value is -0.490. The fraction of sp³-hybridized carbons (Fsp3) is 0.500. The van der Waals surface area contributed by atoms with Crippen molar-refractivity contribution in [3.05, 3.63) is 29.6 Å². The van der Waals surface area contributed by atoms with Crippen LogP contribution in [0.4, 0.5) is 0 Å². The summed E-state index contributed by atoms with van der Waals surface area (Å²) in [5.41, 5.74) is 1.10. The van der Waals surface area contributed by atoms with Gasteiger partial charge in [-0.15, -0.1) is 0 Å². The monoisotopic (exact) mass is 275 g/mol. The average molecular weight is 276 g/mol. The highest BCUT2D eigenvalue weighted by Crippen LogP contribution is 2.17. The van der Waals surface area contributed by atoms with Crippen molar-refractivity contribution in [2.24, 2.45) is 0 Å². The molecule has 0 aliphatic heterocycles. The molecule has 1 aromatic heterocycles. The van der Waals surface area contributed by atoms with Gasteiger partial charge in [0, 0.05) is 11.5 Å². The van der Waals surface area contributed by atoms with Crippen molar-refractivity contribution in [3.63, 3.8) is 0 Å². The Labute approximate surface area is 96.7 Å². The molecule has 3 N–H and O–H groups in total. The molecule has 2 unspecified atom stereocenters. The van der Waals surface area contributed by atoms with E-state index in [9.17, 15) is 10.2 Å². The summed E-state index contributed by atoms with van der Waals surface area (Å²) in [6.45, 7) is -0.0761. The maximum atomic E-state index is 9.69. The van der Waals surface area contributed by atoms with Crippen molar-refractivity contribution >= 4 is 15.9 Å². The average Bonchev–Trinajstić information content (AvgIpc) is 2.28. The first kappa shape index (κ1) is 12.6. The zero-order chi connectivity index (χ0) is 11.3. The Kier molecular flexibility index (Phi) is 5.17. The highest BCUT2D eigenvalue weighted by atomic mass is 79.9. The van der Waals surface area contributed by atoms with Gasteiger partial charge in [0.15, 0.2) is 0 Å². The number of alkyl halides is 1. The number of nitrogens with zero attached hydrogens (tertiary/aromatic N) is 1. The van der Waals surface area contributed by atoms with Crippen LogP contribution in [-0.2, 0) is 6.61 Å². The van der Waals surface area contributed by atoms with E-state index in [-0.39, 0.29) is 6.61 Å². The molecule has 2 atom stereocenters. The lowest BCUT2D eigenvalue weighted by atomic mass is 10.1. The number of hydrogen-bond acceptors (Lipinski definition) is 4. The minimum Gasteiger partial charge on any atom is -0.392 e. The van der Waals surface area contributed by atoms with Gasteiger partial charge in [0.1, 0.15) is 6.10 Å². The molecule has 0 spiro atoms. The van der Waals surface area contributed by atoms with Crippen LogP contribution in [-0.4, -0.2) is 31.7 Å². The second kappa shape index (κ2) is 6.17. The molecule has 0 saturated heterocycles. The maximum absolute atomic E-state index is 9.69. The van der Waals surface area contributed by atoms with Gasteiger partial charge in [-0.1, -0.05) is 22.0 Å². The summed E-state index contributed by atoms with van der Waals surface area (Å²) in [6, 6.07) is 3.28. The van der Waals surface area contributed by atoms with E-state index in [0.717, 1.165) is 0 Å². The molecule has 1 aromatic rings. The minimum atomic E-state index is -0.977. The van der Waals surface area contributed by atoms with Gasteiger partial charge in [0.25, 0.3) is 0 Å². The van der Waals surface area contributed by atoms with Crippen molar-refractivity contribution in [1.29, 1.82) is 0 Å². The van der Waals surface area contributed by atoms with Crippen LogP contribution in [0, 0.1) is 0 Å². The highest BCUT2D eigenvalue weighted by molar-refractivity contribution is 9.09. The molecule has 0 aromatic carbocycles. The van der Waals surface area contributed by atoms with Crippen molar-refractivity contribution in [2.75, 3.05) is 5.33 Å². The zero-order valence-corrected chi connectivity index (χ0v) is 9.76. The molecule has 0 amide bonds. The standard InChI is InChI=1S/C10H14BrNO3/c11-4-3-9(14)10(15)8-2-1-7(6-13)5-12-8/h1-2,5,9-10,13-15H,3-4,6H2. The number of aliphatic hydroxyl groups is 3. The number of halogens is 1. The Bertz CT molecular complexity index is 291. The number of aliphatic hydroxyl groups excluding tert-OH is 3. The lowest BCUT2D eigenvalue weighted by molar-refractivity contribution is 0.0148. The molecule has 5 heteroatoms. The third-order valence-corrected chi connectivity index (χ3v) is 2.56. The lowest BCUT2D eigenvalue weighted by Gasteiger charge is -2.16. The van der Waals surface area contributed by atoms with Crippen LogP contribution in [0.5, 0.6) is 0 Å². The predicted molar refractivity (Wildman–Crippen MR) is 59.5 cm³/mol. The van der Waals surface area contributed by atoms with Crippen molar-refractivity contribution in [3.8, 4) is 0 Å². The molecular formula is C10H14BrNO3. The summed E-state index contributed by atoms with van der Waals surface area (Å²) in [5, 5.41) is 28.6. The van der Waals surface area contributed by atoms with Gasteiger partial charge in [0.2, 0.25) is 0 Å². The molecule has 1 heterocycles. The molecule has 4 nitrogen and oxygen atoms in total. The van der Waals surface area contributed by atoms with Crippen LogP contribution < -0.4 is 0 Å². The molecule has 0 aliphatic rings. The van der Waals surface area contributed by atoms with Gasteiger partial charge in [0.05, 0.1) is 18.4 Å². The molecule has 0 saturated carbocycles. The van der Waals surface area contributed by atoms with E-state index in [4.69, 9.17) is 5.11 Å². The van der Waals surface area contributed by atoms with E-state index in [1.807, 2.05) is 0 Å². The molecule has 1 rings (SSSR count). The number of aromatic nitrogens is 1. The highest BCUT2D eigenvalue weighted by Gasteiger charge is 2.18. The van der Waals surface area contributed by atoms with Gasteiger partial charge < -0.3 is 15.3 Å². The molecule has 0 bridgehead atoms. The molecule has 0 radical (unpaired) electrons. The van der Waals surface area contributed by atoms with E-state index in [2.05, 4.69) is 20.9 Å². The fourth-order valence-corrected chi connectivity index (χ4v) is 1.64. The molecule has 15 heavy (non-hydrogen) atoms. The first-order valence-electron chi connectivity index (χ1n) is 4.66. The van der Waals surface area contributed by atoms with Crippen LogP contribution in [0.2, 0.25) is 0 Å². The van der Waals surface area contributed by atoms with E-state index < -0.39 is 12.2 Å². The summed E-state index contributed by atoms with van der Waals surface area (Å²) >= 11 is 3.19. The van der Waals surface area contributed by atoms with Crippen molar-refractivity contribution in [2.45, 2.75) is 25.2 Å². The van der Waals surface area contributed by atoms with E-state index in [1.54, 1.807) is 12.1 Å². The second-order valence-corrected chi connectivity index (χ2v) is 4.03. The van der Waals surface area contributed by atoms with Crippen LogP contribution in [0.1, 0.15) is 23.8 Å². The van der Waals surface area contributed by atoms with Crippen molar-refractivity contribution < 1.29 is 15.3 Å². The van der Waals surface area contributed by atoms with Gasteiger partial charge in [-0.05, 0) is 18.1 Å². The minimum absolute atomic E-state index is 0.0761. The Balaban J connectivity index is 2.69. The normalized spacial score (nSPS) is 14.9. The third kappa shape index (κ3) is 3.53. The summed E-state index contributed by atoms with van der Waals surface area (Å²) in [7, 11) is 0. The summed E-state index contributed by atoms with van der Waals surface area (Å²) in [5.74, 6) is 0. The quantitative estimate of drug-likeness (QED) is 0.694. The van der Waals surface area contributed by atoms with Gasteiger partial charge in [-0.2, -0.15) is 0 Å². The number of hydrogen-bond donors (Lipinski definition) is 3. The smallest absolute Gasteiger partial charge is 0.122 e. The molecule has 0 aliphatic carbocycles. The Morgan fingerprint density at radius 2 is 2.07 bits per heavy atom. The van der Waals surface area contributed by atoms with Gasteiger partial charge in [-0.3, -0.25) is 4.98 Å². The molecular weight excluding hydrogens is 262 g/mol.